The zero-order valence-electron chi connectivity index (χ0n) is 12.8. The molecule has 0 N–H and O–H groups in total. The van der Waals surface area contributed by atoms with Crippen LogP contribution in [0, 0.1) is 11.6 Å². The fourth-order valence-electron chi connectivity index (χ4n) is 2.39. The Bertz CT molecular complexity index is 667. The van der Waals surface area contributed by atoms with E-state index in [4.69, 9.17) is 14.2 Å². The number of hydrogen-bond donors (Lipinski definition) is 0. The second kappa shape index (κ2) is 6.74. The molecule has 2 aromatic carbocycles. The summed E-state index contributed by atoms with van der Waals surface area (Å²) >= 11 is 0. The van der Waals surface area contributed by atoms with Gasteiger partial charge in [-0.05, 0) is 25.1 Å². The Balaban J connectivity index is 1.58. The molecule has 23 heavy (non-hydrogen) atoms. The van der Waals surface area contributed by atoms with Crippen LogP contribution in [0.1, 0.15) is 24.3 Å². The minimum atomic E-state index is -0.674. The molecule has 0 saturated carbocycles. The number of halogens is 2. The Morgan fingerprint density at radius 2 is 1.83 bits per heavy atom. The van der Waals surface area contributed by atoms with Crippen LogP contribution in [0.25, 0.3) is 0 Å². The van der Waals surface area contributed by atoms with Crippen molar-refractivity contribution in [1.82, 2.24) is 0 Å². The van der Waals surface area contributed by atoms with Crippen LogP contribution in [0.2, 0.25) is 0 Å². The lowest BCUT2D eigenvalue weighted by molar-refractivity contribution is -0.267. The zero-order valence-corrected chi connectivity index (χ0v) is 12.8. The Labute approximate surface area is 133 Å². The highest BCUT2D eigenvalue weighted by molar-refractivity contribution is 5.18. The number of hydrogen-bond acceptors (Lipinski definition) is 3. The van der Waals surface area contributed by atoms with Crippen molar-refractivity contribution in [3.8, 4) is 0 Å². The van der Waals surface area contributed by atoms with E-state index in [1.165, 1.54) is 18.2 Å². The van der Waals surface area contributed by atoms with Gasteiger partial charge < -0.3 is 14.2 Å². The number of benzene rings is 2. The van der Waals surface area contributed by atoms with E-state index in [2.05, 4.69) is 0 Å². The van der Waals surface area contributed by atoms with Crippen molar-refractivity contribution in [1.29, 1.82) is 0 Å². The molecule has 0 bridgehead atoms. The molecule has 5 heteroatoms. The lowest BCUT2D eigenvalue weighted by Crippen LogP contribution is -2.44. The van der Waals surface area contributed by atoms with Crippen LogP contribution >= 0.6 is 0 Å². The van der Waals surface area contributed by atoms with Gasteiger partial charge in [0.05, 0.1) is 19.8 Å². The van der Waals surface area contributed by atoms with E-state index in [-0.39, 0.29) is 31.5 Å². The van der Waals surface area contributed by atoms with Crippen molar-refractivity contribution in [2.75, 3.05) is 13.2 Å². The van der Waals surface area contributed by atoms with Gasteiger partial charge >= 0.3 is 0 Å². The predicted molar refractivity (Wildman–Crippen MR) is 80.6 cm³/mol. The van der Waals surface area contributed by atoms with E-state index >= 15 is 0 Å². The first-order chi connectivity index (χ1) is 11.1. The summed E-state index contributed by atoms with van der Waals surface area (Å²) in [5.41, 5.74) is 0.439. The fourth-order valence-corrected chi connectivity index (χ4v) is 2.39. The molecule has 0 aromatic heterocycles. The van der Waals surface area contributed by atoms with Gasteiger partial charge in [-0.3, -0.25) is 0 Å². The molecule has 1 fully saturated rings. The second-order valence-corrected chi connectivity index (χ2v) is 5.84. The third kappa shape index (κ3) is 3.93. The van der Waals surface area contributed by atoms with Gasteiger partial charge in [0, 0.05) is 11.1 Å². The molecule has 0 amide bonds. The van der Waals surface area contributed by atoms with Gasteiger partial charge in [0.25, 0.3) is 0 Å². The maximum Gasteiger partial charge on any atom is 0.184 e. The maximum atomic E-state index is 13.6. The summed E-state index contributed by atoms with van der Waals surface area (Å²) in [5, 5.41) is 0. The van der Waals surface area contributed by atoms with Gasteiger partial charge in [0.2, 0.25) is 0 Å². The summed E-state index contributed by atoms with van der Waals surface area (Å²) in [4.78, 5) is 0. The molecule has 3 rings (SSSR count). The van der Waals surface area contributed by atoms with Gasteiger partial charge in [0.15, 0.2) is 6.29 Å². The molecule has 1 heterocycles. The highest BCUT2D eigenvalue weighted by Gasteiger charge is 2.34. The normalized spacial score (nSPS) is 24.6. The van der Waals surface area contributed by atoms with Crippen molar-refractivity contribution in [2.45, 2.75) is 25.4 Å². The van der Waals surface area contributed by atoms with Crippen LogP contribution in [0.5, 0.6) is 0 Å². The molecule has 0 atom stereocenters. The molecule has 3 nitrogen and oxygen atoms in total. The minimum absolute atomic E-state index is 0.139. The first kappa shape index (κ1) is 16.1. The quantitative estimate of drug-likeness (QED) is 0.852. The lowest BCUT2D eigenvalue weighted by atomic mass is 10.1. The molecular weight excluding hydrogens is 302 g/mol. The van der Waals surface area contributed by atoms with Crippen LogP contribution in [0.4, 0.5) is 8.78 Å². The predicted octanol–water partition coefficient (Wildman–Crippen LogP) is 3.99. The molecule has 1 aliphatic rings. The Morgan fingerprint density at radius 3 is 2.52 bits per heavy atom. The number of rotatable bonds is 4. The molecule has 0 radical (unpaired) electrons. The Morgan fingerprint density at radius 1 is 1.09 bits per heavy atom. The summed E-state index contributed by atoms with van der Waals surface area (Å²) in [6, 6.07) is 12.6. The van der Waals surface area contributed by atoms with Gasteiger partial charge in [0.1, 0.15) is 17.2 Å². The van der Waals surface area contributed by atoms with E-state index in [9.17, 15) is 8.78 Å². The van der Waals surface area contributed by atoms with E-state index in [0.29, 0.717) is 11.1 Å². The molecule has 122 valence electrons. The summed E-state index contributed by atoms with van der Waals surface area (Å²) < 4.78 is 43.9. The van der Waals surface area contributed by atoms with Crippen molar-refractivity contribution in [3.63, 3.8) is 0 Å². The number of ether oxygens (including phenoxy) is 3. The van der Waals surface area contributed by atoms with Crippen LogP contribution in [-0.2, 0) is 20.8 Å². The van der Waals surface area contributed by atoms with E-state index in [1.807, 2.05) is 6.92 Å². The third-order valence-electron chi connectivity index (χ3n) is 3.73. The third-order valence-corrected chi connectivity index (χ3v) is 3.73. The molecule has 0 unspecified atom stereocenters. The minimum Gasteiger partial charge on any atom is -0.366 e. The first-order valence-corrected chi connectivity index (χ1v) is 7.42. The van der Waals surface area contributed by atoms with Crippen molar-refractivity contribution in [3.05, 3.63) is 71.3 Å². The highest BCUT2D eigenvalue weighted by atomic mass is 19.1. The Kier molecular flexibility index (Phi) is 4.71. The van der Waals surface area contributed by atoms with Gasteiger partial charge in [-0.2, -0.15) is 0 Å². The molecule has 0 aliphatic carbocycles. The fraction of sp³-hybridized carbons (Fsp3) is 0.333. The molecule has 2 aromatic rings. The van der Waals surface area contributed by atoms with Gasteiger partial charge in [-0.25, -0.2) is 8.78 Å². The molecule has 1 aliphatic heterocycles. The lowest BCUT2D eigenvalue weighted by Gasteiger charge is -2.37. The summed E-state index contributed by atoms with van der Waals surface area (Å²) in [6.45, 7) is 2.54. The van der Waals surface area contributed by atoms with Crippen LogP contribution in [0.3, 0.4) is 0 Å². The molecule has 1 saturated heterocycles. The van der Waals surface area contributed by atoms with E-state index in [1.54, 1.807) is 30.3 Å². The standard InChI is InChI=1S/C18H18F2O3/c1-18(23-10-14-5-2-3-8-16(14)20)11-21-17(22-12-18)13-6-4-7-15(19)9-13/h2-9,17H,10-12H2,1H3/t17-,18-. The smallest absolute Gasteiger partial charge is 0.184 e. The van der Waals surface area contributed by atoms with Crippen LogP contribution < -0.4 is 0 Å². The molecular formula is C18H18F2O3. The average molecular weight is 320 g/mol. The highest BCUT2D eigenvalue weighted by Crippen LogP contribution is 2.29. The first-order valence-electron chi connectivity index (χ1n) is 7.42. The van der Waals surface area contributed by atoms with Crippen molar-refractivity contribution < 1.29 is 23.0 Å². The maximum absolute atomic E-state index is 13.6. The monoisotopic (exact) mass is 320 g/mol. The van der Waals surface area contributed by atoms with E-state index in [0.717, 1.165) is 0 Å². The molecule has 0 spiro atoms. The van der Waals surface area contributed by atoms with Crippen LogP contribution in [-0.4, -0.2) is 18.8 Å². The van der Waals surface area contributed by atoms with E-state index < -0.39 is 11.9 Å². The second-order valence-electron chi connectivity index (χ2n) is 5.84. The van der Waals surface area contributed by atoms with Crippen LogP contribution in [0.15, 0.2) is 48.5 Å². The van der Waals surface area contributed by atoms with Crippen molar-refractivity contribution >= 4 is 0 Å². The van der Waals surface area contributed by atoms with Crippen molar-refractivity contribution in [2.24, 2.45) is 0 Å². The Hall–Kier alpha value is -1.82. The summed E-state index contributed by atoms with van der Waals surface area (Å²) in [5.74, 6) is -0.634. The average Bonchev–Trinajstić information content (AvgIpc) is 2.55. The zero-order chi connectivity index (χ0) is 16.3. The van der Waals surface area contributed by atoms with Gasteiger partial charge in [-0.15, -0.1) is 0 Å². The largest absolute Gasteiger partial charge is 0.366 e. The summed E-state index contributed by atoms with van der Waals surface area (Å²) in [7, 11) is 0. The topological polar surface area (TPSA) is 27.7 Å². The van der Waals surface area contributed by atoms with Gasteiger partial charge in [-0.1, -0.05) is 30.3 Å². The summed E-state index contributed by atoms with van der Waals surface area (Å²) in [6.07, 6.45) is -0.615. The SMILES string of the molecule is C[C@]1(OCc2ccccc2F)CO[C@H](c2cccc(F)c2)OC1.